The third-order valence-electron chi connectivity index (χ3n) is 5.26. The summed E-state index contributed by atoms with van der Waals surface area (Å²) >= 11 is 0. The molecule has 0 saturated carbocycles. The molecule has 0 amide bonds. The minimum atomic E-state index is 0.0692. The van der Waals surface area contributed by atoms with Gasteiger partial charge in [-0.25, -0.2) is 0 Å². The van der Waals surface area contributed by atoms with Gasteiger partial charge >= 0.3 is 0 Å². The molecule has 0 radical (unpaired) electrons. The standard InChI is InChI=1S/C25H48O6/c1-5-7-9-11-23(10-8-6-2)25(27)13-15-29-17-19-31-21-20-30-18-16-28-14-12-24(26)22(3)4/h22-23H,5-21H2,1-4H3. The van der Waals surface area contributed by atoms with E-state index in [1.807, 2.05) is 13.8 Å². The fourth-order valence-corrected chi connectivity index (χ4v) is 3.16. The molecule has 0 aliphatic heterocycles. The van der Waals surface area contributed by atoms with Crippen LogP contribution in [0, 0.1) is 11.8 Å². The maximum atomic E-state index is 12.5. The lowest BCUT2D eigenvalue weighted by molar-refractivity contribution is -0.125. The van der Waals surface area contributed by atoms with Gasteiger partial charge in [-0.15, -0.1) is 0 Å². The largest absolute Gasteiger partial charge is 0.379 e. The molecule has 0 aromatic carbocycles. The van der Waals surface area contributed by atoms with Gasteiger partial charge in [-0.05, 0) is 12.8 Å². The molecule has 0 saturated heterocycles. The molecule has 0 heterocycles. The zero-order valence-electron chi connectivity index (χ0n) is 20.6. The predicted molar refractivity (Wildman–Crippen MR) is 125 cm³/mol. The van der Waals surface area contributed by atoms with E-state index in [1.165, 1.54) is 12.8 Å². The van der Waals surface area contributed by atoms with Gasteiger partial charge in [0.15, 0.2) is 0 Å². The van der Waals surface area contributed by atoms with Crippen LogP contribution >= 0.6 is 0 Å². The Hall–Kier alpha value is -0.820. The summed E-state index contributed by atoms with van der Waals surface area (Å²) in [4.78, 5) is 23.9. The molecule has 184 valence electrons. The van der Waals surface area contributed by atoms with Crippen LogP contribution in [0.2, 0.25) is 0 Å². The summed E-state index contributed by atoms with van der Waals surface area (Å²) in [5.74, 6) is 0.863. The van der Waals surface area contributed by atoms with Gasteiger partial charge in [0.25, 0.3) is 0 Å². The number of unbranched alkanes of at least 4 members (excludes halogenated alkanes) is 3. The average Bonchev–Trinajstić information content (AvgIpc) is 2.75. The molecule has 0 N–H and O–H groups in total. The highest BCUT2D eigenvalue weighted by atomic mass is 16.6. The van der Waals surface area contributed by atoms with Crippen molar-refractivity contribution in [2.45, 2.75) is 85.5 Å². The van der Waals surface area contributed by atoms with E-state index in [-0.39, 0.29) is 17.6 Å². The minimum absolute atomic E-state index is 0.0692. The van der Waals surface area contributed by atoms with Crippen molar-refractivity contribution in [3.8, 4) is 0 Å². The Kier molecular flexibility index (Phi) is 21.8. The second kappa shape index (κ2) is 22.4. The first-order chi connectivity index (χ1) is 15.0. The number of carbonyl (C=O) groups is 2. The second-order valence-electron chi connectivity index (χ2n) is 8.37. The second-order valence-corrected chi connectivity index (χ2v) is 8.37. The number of Topliss-reactive ketones (excluding diaryl/α,β-unsaturated/α-hetero) is 2. The van der Waals surface area contributed by atoms with Crippen molar-refractivity contribution in [3.63, 3.8) is 0 Å². The topological polar surface area (TPSA) is 71.1 Å². The normalized spacial score (nSPS) is 12.4. The van der Waals surface area contributed by atoms with Crippen molar-refractivity contribution < 1.29 is 28.5 Å². The van der Waals surface area contributed by atoms with Crippen LogP contribution in [0.5, 0.6) is 0 Å². The van der Waals surface area contributed by atoms with Crippen molar-refractivity contribution in [2.24, 2.45) is 11.8 Å². The maximum Gasteiger partial charge on any atom is 0.138 e. The van der Waals surface area contributed by atoms with Gasteiger partial charge in [0, 0.05) is 24.7 Å². The fourth-order valence-electron chi connectivity index (χ4n) is 3.16. The molecule has 0 aromatic rings. The van der Waals surface area contributed by atoms with Crippen LogP contribution in [-0.4, -0.2) is 64.4 Å². The Morgan fingerprint density at radius 2 is 1.00 bits per heavy atom. The first kappa shape index (κ1) is 30.2. The van der Waals surface area contributed by atoms with Crippen LogP contribution in [0.4, 0.5) is 0 Å². The Bertz CT molecular complexity index is 424. The van der Waals surface area contributed by atoms with Gasteiger partial charge in [0.2, 0.25) is 0 Å². The van der Waals surface area contributed by atoms with Crippen molar-refractivity contribution in [3.05, 3.63) is 0 Å². The van der Waals surface area contributed by atoms with E-state index in [0.29, 0.717) is 71.5 Å². The highest BCUT2D eigenvalue weighted by Gasteiger charge is 2.17. The maximum absolute atomic E-state index is 12.5. The predicted octanol–water partition coefficient (Wildman–Crippen LogP) is 5.01. The van der Waals surface area contributed by atoms with E-state index in [9.17, 15) is 9.59 Å². The molecule has 0 fully saturated rings. The van der Waals surface area contributed by atoms with Gasteiger partial charge in [-0.3, -0.25) is 9.59 Å². The molecule has 6 heteroatoms. The lowest BCUT2D eigenvalue weighted by atomic mass is 9.90. The molecular weight excluding hydrogens is 396 g/mol. The summed E-state index contributed by atoms with van der Waals surface area (Å²) in [5.41, 5.74) is 0. The quantitative estimate of drug-likeness (QED) is 0.195. The fraction of sp³-hybridized carbons (Fsp3) is 0.920. The zero-order valence-corrected chi connectivity index (χ0v) is 20.6. The van der Waals surface area contributed by atoms with E-state index < -0.39 is 0 Å². The van der Waals surface area contributed by atoms with Crippen molar-refractivity contribution in [1.29, 1.82) is 0 Å². The Balaban J connectivity index is 3.51. The van der Waals surface area contributed by atoms with E-state index in [0.717, 1.165) is 32.1 Å². The smallest absolute Gasteiger partial charge is 0.138 e. The van der Waals surface area contributed by atoms with Crippen LogP contribution in [0.25, 0.3) is 0 Å². The highest BCUT2D eigenvalue weighted by Crippen LogP contribution is 2.19. The Labute approximate surface area is 190 Å². The number of hydrogen-bond donors (Lipinski definition) is 0. The van der Waals surface area contributed by atoms with Crippen LogP contribution < -0.4 is 0 Å². The van der Waals surface area contributed by atoms with E-state index >= 15 is 0 Å². The molecular formula is C25H48O6. The number of carbonyl (C=O) groups excluding carboxylic acids is 2. The summed E-state index contributed by atoms with van der Waals surface area (Å²) in [6.45, 7) is 12.1. The summed E-state index contributed by atoms with van der Waals surface area (Å²) in [7, 11) is 0. The van der Waals surface area contributed by atoms with Crippen molar-refractivity contribution in [2.75, 3.05) is 52.9 Å². The van der Waals surface area contributed by atoms with Crippen LogP contribution in [-0.2, 0) is 28.5 Å². The van der Waals surface area contributed by atoms with E-state index in [4.69, 9.17) is 18.9 Å². The van der Waals surface area contributed by atoms with Gasteiger partial charge in [0.1, 0.15) is 11.6 Å². The Morgan fingerprint density at radius 3 is 1.45 bits per heavy atom. The van der Waals surface area contributed by atoms with E-state index in [1.54, 1.807) is 0 Å². The minimum Gasteiger partial charge on any atom is -0.379 e. The number of ketones is 2. The number of hydrogen-bond acceptors (Lipinski definition) is 6. The van der Waals surface area contributed by atoms with Crippen LogP contribution in [0.1, 0.15) is 85.5 Å². The van der Waals surface area contributed by atoms with Gasteiger partial charge in [-0.2, -0.15) is 0 Å². The molecule has 31 heavy (non-hydrogen) atoms. The SMILES string of the molecule is CCCCCC(CCCC)C(=O)CCOCCOCCOCCOCCC(=O)C(C)C. The monoisotopic (exact) mass is 444 g/mol. The summed E-state index contributed by atoms with van der Waals surface area (Å²) in [6, 6.07) is 0. The van der Waals surface area contributed by atoms with Crippen LogP contribution in [0.3, 0.4) is 0 Å². The third-order valence-corrected chi connectivity index (χ3v) is 5.26. The molecule has 0 aliphatic carbocycles. The molecule has 1 atom stereocenters. The lowest BCUT2D eigenvalue weighted by Gasteiger charge is -2.15. The van der Waals surface area contributed by atoms with E-state index in [2.05, 4.69) is 13.8 Å². The molecule has 0 bridgehead atoms. The van der Waals surface area contributed by atoms with Gasteiger partial charge < -0.3 is 18.9 Å². The molecule has 0 aliphatic rings. The molecule has 6 nitrogen and oxygen atoms in total. The highest BCUT2D eigenvalue weighted by molar-refractivity contribution is 5.81. The van der Waals surface area contributed by atoms with Crippen molar-refractivity contribution >= 4 is 11.6 Å². The first-order valence-electron chi connectivity index (χ1n) is 12.4. The molecule has 1 unspecified atom stereocenters. The van der Waals surface area contributed by atoms with Crippen molar-refractivity contribution in [1.82, 2.24) is 0 Å². The number of ether oxygens (including phenoxy) is 4. The van der Waals surface area contributed by atoms with Crippen LogP contribution in [0.15, 0.2) is 0 Å². The lowest BCUT2D eigenvalue weighted by Crippen LogP contribution is -2.18. The Morgan fingerprint density at radius 1 is 0.581 bits per heavy atom. The zero-order chi connectivity index (χ0) is 23.2. The summed E-state index contributed by atoms with van der Waals surface area (Å²) in [5, 5.41) is 0. The third kappa shape index (κ3) is 19.6. The van der Waals surface area contributed by atoms with Gasteiger partial charge in [0.05, 0.1) is 52.9 Å². The van der Waals surface area contributed by atoms with Gasteiger partial charge in [-0.1, -0.05) is 59.8 Å². The molecule has 0 spiro atoms. The summed E-state index contributed by atoms with van der Waals surface area (Å²) in [6.07, 6.45) is 8.83. The summed E-state index contributed by atoms with van der Waals surface area (Å²) < 4.78 is 21.8. The molecule has 0 aromatic heterocycles. The average molecular weight is 445 g/mol. The molecule has 0 rings (SSSR count). The number of rotatable bonds is 24. The first-order valence-corrected chi connectivity index (χ1v) is 12.4.